The van der Waals surface area contributed by atoms with Crippen molar-refractivity contribution in [1.82, 2.24) is 4.57 Å². The number of rotatable bonds is 3. The third-order valence-electron chi connectivity index (χ3n) is 2.64. The van der Waals surface area contributed by atoms with Gasteiger partial charge in [0, 0.05) is 29.8 Å². The van der Waals surface area contributed by atoms with Crippen LogP contribution in [0, 0.1) is 0 Å². The molecule has 0 bridgehead atoms. The zero-order valence-electron chi connectivity index (χ0n) is 9.27. The lowest BCUT2D eigenvalue weighted by Crippen LogP contribution is -2.25. The number of hydrogen-bond donors (Lipinski definition) is 2. The van der Waals surface area contributed by atoms with E-state index < -0.39 is 12.0 Å². The molecule has 0 saturated heterocycles. The van der Waals surface area contributed by atoms with Crippen LogP contribution in [0.2, 0.25) is 0 Å². The first-order valence-electron chi connectivity index (χ1n) is 5.12. The number of aryl methyl sites for hydroxylation is 1. The molecule has 0 saturated carbocycles. The Bertz CT molecular complexity index is 531. The fourth-order valence-electron chi connectivity index (χ4n) is 1.68. The van der Waals surface area contributed by atoms with Gasteiger partial charge in [0.25, 0.3) is 0 Å². The number of aliphatic carboxylic acids is 1. The summed E-state index contributed by atoms with van der Waals surface area (Å²) >= 11 is 0. The van der Waals surface area contributed by atoms with Crippen molar-refractivity contribution in [1.29, 1.82) is 0 Å². The first kappa shape index (κ1) is 10.5. The van der Waals surface area contributed by atoms with Crippen LogP contribution >= 0.6 is 0 Å². The van der Waals surface area contributed by atoms with Gasteiger partial charge in [0.05, 0.1) is 0 Å². The SMILES string of the molecule is CC(Nc1ccc2c(ccn2C)c1)C(=O)O. The van der Waals surface area contributed by atoms with Gasteiger partial charge in [-0.05, 0) is 31.2 Å². The summed E-state index contributed by atoms with van der Waals surface area (Å²) in [5, 5.41) is 12.8. The predicted molar refractivity (Wildman–Crippen MR) is 63.6 cm³/mol. The highest BCUT2D eigenvalue weighted by Gasteiger charge is 2.10. The number of carboxylic acid groups (broad SMARTS) is 1. The van der Waals surface area contributed by atoms with Gasteiger partial charge in [-0.3, -0.25) is 4.79 Å². The molecule has 84 valence electrons. The van der Waals surface area contributed by atoms with Gasteiger partial charge in [0.1, 0.15) is 6.04 Å². The Kier molecular flexibility index (Phi) is 2.56. The third-order valence-corrected chi connectivity index (χ3v) is 2.64. The van der Waals surface area contributed by atoms with E-state index in [0.29, 0.717) is 0 Å². The van der Waals surface area contributed by atoms with Crippen molar-refractivity contribution in [3.8, 4) is 0 Å². The number of carboxylic acids is 1. The minimum Gasteiger partial charge on any atom is -0.480 e. The lowest BCUT2D eigenvalue weighted by molar-refractivity contribution is -0.137. The lowest BCUT2D eigenvalue weighted by Gasteiger charge is -2.10. The van der Waals surface area contributed by atoms with E-state index in [4.69, 9.17) is 5.11 Å². The summed E-state index contributed by atoms with van der Waals surface area (Å²) in [5.74, 6) is -0.854. The highest BCUT2D eigenvalue weighted by molar-refractivity contribution is 5.85. The zero-order chi connectivity index (χ0) is 11.7. The zero-order valence-corrected chi connectivity index (χ0v) is 9.27. The van der Waals surface area contributed by atoms with Crippen molar-refractivity contribution in [2.24, 2.45) is 7.05 Å². The molecule has 0 amide bonds. The van der Waals surface area contributed by atoms with E-state index in [9.17, 15) is 4.79 Å². The summed E-state index contributed by atoms with van der Waals surface area (Å²) in [6.45, 7) is 1.62. The van der Waals surface area contributed by atoms with Crippen LogP contribution in [0.5, 0.6) is 0 Å². The molecular formula is C12H14N2O2. The average Bonchev–Trinajstić information content (AvgIpc) is 2.60. The van der Waals surface area contributed by atoms with Crippen LogP contribution in [0.1, 0.15) is 6.92 Å². The van der Waals surface area contributed by atoms with Crippen molar-refractivity contribution in [3.05, 3.63) is 30.5 Å². The fourth-order valence-corrected chi connectivity index (χ4v) is 1.68. The number of fused-ring (bicyclic) bond motifs is 1. The number of aromatic nitrogens is 1. The van der Waals surface area contributed by atoms with Crippen LogP contribution in [-0.4, -0.2) is 21.7 Å². The van der Waals surface area contributed by atoms with Crippen molar-refractivity contribution in [2.45, 2.75) is 13.0 Å². The first-order valence-corrected chi connectivity index (χ1v) is 5.12. The summed E-state index contributed by atoms with van der Waals surface area (Å²) in [6, 6.07) is 7.25. The molecule has 0 aliphatic rings. The quantitative estimate of drug-likeness (QED) is 0.829. The van der Waals surface area contributed by atoms with E-state index in [2.05, 4.69) is 5.32 Å². The minimum absolute atomic E-state index is 0.582. The van der Waals surface area contributed by atoms with Gasteiger partial charge in [-0.1, -0.05) is 0 Å². The highest BCUT2D eigenvalue weighted by atomic mass is 16.4. The van der Waals surface area contributed by atoms with E-state index in [-0.39, 0.29) is 0 Å². The Morgan fingerprint density at radius 3 is 2.88 bits per heavy atom. The van der Waals surface area contributed by atoms with E-state index in [0.717, 1.165) is 16.6 Å². The monoisotopic (exact) mass is 218 g/mol. The Balaban J connectivity index is 2.29. The maximum Gasteiger partial charge on any atom is 0.325 e. The van der Waals surface area contributed by atoms with Crippen LogP contribution in [0.25, 0.3) is 10.9 Å². The summed E-state index contributed by atoms with van der Waals surface area (Å²) < 4.78 is 2.03. The van der Waals surface area contributed by atoms with Crippen LogP contribution in [0.15, 0.2) is 30.5 Å². The molecule has 4 nitrogen and oxygen atoms in total. The Morgan fingerprint density at radius 1 is 1.44 bits per heavy atom. The second-order valence-electron chi connectivity index (χ2n) is 3.90. The second kappa shape index (κ2) is 3.89. The normalized spacial score (nSPS) is 12.6. The van der Waals surface area contributed by atoms with Gasteiger partial charge in [0.15, 0.2) is 0 Å². The van der Waals surface area contributed by atoms with Gasteiger partial charge in [-0.15, -0.1) is 0 Å². The molecular weight excluding hydrogens is 204 g/mol. The van der Waals surface area contributed by atoms with Crippen molar-refractivity contribution in [2.75, 3.05) is 5.32 Å². The maximum atomic E-state index is 10.7. The van der Waals surface area contributed by atoms with Crippen molar-refractivity contribution >= 4 is 22.6 Å². The summed E-state index contributed by atoms with van der Waals surface area (Å²) in [5.41, 5.74) is 1.96. The van der Waals surface area contributed by atoms with Crippen LogP contribution in [-0.2, 0) is 11.8 Å². The maximum absolute atomic E-state index is 10.7. The molecule has 0 fully saturated rings. The molecule has 2 aromatic rings. The molecule has 16 heavy (non-hydrogen) atoms. The molecule has 1 atom stereocenters. The topological polar surface area (TPSA) is 54.3 Å². The number of benzene rings is 1. The molecule has 1 aromatic heterocycles. The van der Waals surface area contributed by atoms with E-state index >= 15 is 0 Å². The van der Waals surface area contributed by atoms with Crippen molar-refractivity contribution in [3.63, 3.8) is 0 Å². The fraction of sp³-hybridized carbons (Fsp3) is 0.250. The molecule has 2 rings (SSSR count). The molecule has 0 aliphatic carbocycles. The lowest BCUT2D eigenvalue weighted by atomic mass is 10.2. The Morgan fingerprint density at radius 2 is 2.19 bits per heavy atom. The van der Waals surface area contributed by atoms with Crippen LogP contribution < -0.4 is 5.32 Å². The van der Waals surface area contributed by atoms with E-state index in [1.165, 1.54) is 0 Å². The number of nitrogens with zero attached hydrogens (tertiary/aromatic N) is 1. The molecule has 1 unspecified atom stereocenters. The average molecular weight is 218 g/mol. The Hall–Kier alpha value is -1.97. The predicted octanol–water partition coefficient (Wildman–Crippen LogP) is 2.06. The van der Waals surface area contributed by atoms with Gasteiger partial charge < -0.3 is 15.0 Å². The van der Waals surface area contributed by atoms with Crippen molar-refractivity contribution < 1.29 is 9.90 Å². The molecule has 0 radical (unpaired) electrons. The minimum atomic E-state index is -0.854. The molecule has 1 aromatic carbocycles. The van der Waals surface area contributed by atoms with Gasteiger partial charge in [-0.25, -0.2) is 0 Å². The molecule has 4 heteroatoms. The van der Waals surface area contributed by atoms with Gasteiger partial charge in [-0.2, -0.15) is 0 Å². The number of anilines is 1. The van der Waals surface area contributed by atoms with Crippen LogP contribution in [0.4, 0.5) is 5.69 Å². The second-order valence-corrected chi connectivity index (χ2v) is 3.90. The smallest absolute Gasteiger partial charge is 0.325 e. The summed E-state index contributed by atoms with van der Waals surface area (Å²) in [6.07, 6.45) is 1.98. The number of hydrogen-bond acceptors (Lipinski definition) is 2. The van der Waals surface area contributed by atoms with E-state index in [1.54, 1.807) is 6.92 Å². The largest absolute Gasteiger partial charge is 0.480 e. The van der Waals surface area contributed by atoms with Crippen LogP contribution in [0.3, 0.4) is 0 Å². The van der Waals surface area contributed by atoms with E-state index in [1.807, 2.05) is 42.1 Å². The Labute approximate surface area is 93.5 Å². The molecule has 0 aliphatic heterocycles. The first-order chi connectivity index (χ1) is 7.58. The number of carbonyl (C=O) groups is 1. The number of nitrogens with one attached hydrogen (secondary N) is 1. The summed E-state index contributed by atoms with van der Waals surface area (Å²) in [7, 11) is 1.98. The molecule has 0 spiro atoms. The molecule has 1 heterocycles. The van der Waals surface area contributed by atoms with Gasteiger partial charge >= 0.3 is 5.97 Å². The standard InChI is InChI=1S/C12H14N2O2/c1-8(12(15)16)13-10-3-4-11-9(7-10)5-6-14(11)2/h3-8,13H,1-2H3,(H,15,16). The molecule has 2 N–H and O–H groups in total. The third kappa shape index (κ3) is 1.86. The summed E-state index contributed by atoms with van der Waals surface area (Å²) in [4.78, 5) is 10.7. The van der Waals surface area contributed by atoms with Gasteiger partial charge in [0.2, 0.25) is 0 Å². The highest BCUT2D eigenvalue weighted by Crippen LogP contribution is 2.20.